The zero-order valence-electron chi connectivity index (χ0n) is 23.9. The monoisotopic (exact) mass is 555 g/mol. The van der Waals surface area contributed by atoms with Crippen molar-refractivity contribution < 1.29 is 23.9 Å². The van der Waals surface area contributed by atoms with E-state index >= 15 is 0 Å². The summed E-state index contributed by atoms with van der Waals surface area (Å²) in [5, 5.41) is 5.79. The summed E-state index contributed by atoms with van der Waals surface area (Å²) < 4.78 is 10.7. The summed E-state index contributed by atoms with van der Waals surface area (Å²) in [5.41, 5.74) is 1.59. The molecule has 4 unspecified atom stereocenters. The van der Waals surface area contributed by atoms with E-state index in [1.54, 1.807) is 68.8 Å². The van der Waals surface area contributed by atoms with E-state index in [0.29, 0.717) is 29.2 Å². The maximum Gasteiger partial charge on any atom is 0.408 e. The molecule has 212 valence electrons. The first kappa shape index (κ1) is 30.3. The quantitative estimate of drug-likeness (QED) is 0.377. The molecular weight excluding hydrogens is 514 g/mol. The van der Waals surface area contributed by atoms with Crippen molar-refractivity contribution in [2.75, 3.05) is 24.4 Å². The van der Waals surface area contributed by atoms with E-state index in [1.807, 2.05) is 37.4 Å². The average Bonchev–Trinajstić information content (AvgIpc) is 3.59. The Balaban J connectivity index is 1.99. The third kappa shape index (κ3) is 8.65. The highest BCUT2D eigenvalue weighted by Crippen LogP contribution is 2.41. The molecule has 1 aliphatic carbocycles. The molecule has 0 bridgehead atoms. The lowest BCUT2D eigenvalue weighted by Gasteiger charge is -2.35. The molecule has 0 radical (unpaired) electrons. The molecule has 9 heteroatoms. The fourth-order valence-corrected chi connectivity index (χ4v) is 4.93. The van der Waals surface area contributed by atoms with Crippen LogP contribution in [0.1, 0.15) is 57.7 Å². The van der Waals surface area contributed by atoms with Crippen molar-refractivity contribution in [2.24, 2.45) is 5.92 Å². The van der Waals surface area contributed by atoms with Crippen molar-refractivity contribution in [2.45, 2.75) is 71.2 Å². The van der Waals surface area contributed by atoms with Crippen LogP contribution >= 0.6 is 11.8 Å². The van der Waals surface area contributed by atoms with Gasteiger partial charge in [0.1, 0.15) is 23.4 Å². The Morgan fingerprint density at radius 1 is 1.13 bits per heavy atom. The van der Waals surface area contributed by atoms with Crippen LogP contribution in [0.15, 0.2) is 48.5 Å². The third-order valence-corrected chi connectivity index (χ3v) is 7.16. The van der Waals surface area contributed by atoms with Gasteiger partial charge in [-0.2, -0.15) is 11.8 Å². The van der Waals surface area contributed by atoms with Gasteiger partial charge in [0.25, 0.3) is 5.91 Å². The number of nitrogens with zero attached hydrogens (tertiary/aromatic N) is 1. The largest absolute Gasteiger partial charge is 0.497 e. The van der Waals surface area contributed by atoms with Crippen LogP contribution < -0.4 is 15.4 Å². The van der Waals surface area contributed by atoms with Gasteiger partial charge in [-0.1, -0.05) is 36.8 Å². The van der Waals surface area contributed by atoms with Crippen molar-refractivity contribution in [1.82, 2.24) is 10.2 Å². The Bertz CT molecular complexity index is 1150. The number of nitrogens with one attached hydrogen (secondary N) is 2. The lowest BCUT2D eigenvalue weighted by Crippen LogP contribution is -2.53. The van der Waals surface area contributed by atoms with Crippen molar-refractivity contribution in [1.29, 1.82) is 0 Å². The molecule has 2 N–H and O–H groups in total. The molecule has 0 aromatic heterocycles. The number of aryl methyl sites for hydroxylation is 1. The number of rotatable bonds is 11. The highest BCUT2D eigenvalue weighted by molar-refractivity contribution is 7.98. The molecule has 1 aliphatic rings. The molecule has 0 heterocycles. The number of carbonyl (C=O) groups is 3. The molecular formula is C30H41N3O5S. The van der Waals surface area contributed by atoms with Gasteiger partial charge >= 0.3 is 6.09 Å². The Labute approximate surface area is 236 Å². The van der Waals surface area contributed by atoms with E-state index in [1.165, 1.54) is 0 Å². The van der Waals surface area contributed by atoms with Crippen LogP contribution in [0.4, 0.5) is 10.5 Å². The maximum atomic E-state index is 14.3. The number of thioether (sulfide) groups is 1. The number of hydrogen-bond acceptors (Lipinski definition) is 6. The van der Waals surface area contributed by atoms with E-state index in [2.05, 4.69) is 17.6 Å². The van der Waals surface area contributed by atoms with Crippen LogP contribution in [-0.2, 0) is 14.3 Å². The Kier molecular flexibility index (Phi) is 10.3. The second-order valence-corrected chi connectivity index (χ2v) is 12.0. The summed E-state index contributed by atoms with van der Waals surface area (Å²) in [6.45, 7) is 9.36. The molecule has 2 aromatic carbocycles. The minimum absolute atomic E-state index is 0.123. The highest BCUT2D eigenvalue weighted by Gasteiger charge is 2.48. The van der Waals surface area contributed by atoms with Gasteiger partial charge in [0.15, 0.2) is 0 Å². The molecule has 0 spiro atoms. The van der Waals surface area contributed by atoms with E-state index in [9.17, 15) is 14.4 Å². The molecule has 8 nitrogen and oxygen atoms in total. The summed E-state index contributed by atoms with van der Waals surface area (Å²) in [7, 11) is 1.58. The summed E-state index contributed by atoms with van der Waals surface area (Å²) in [6, 6.07) is 12.9. The first-order valence-corrected chi connectivity index (χ1v) is 14.6. The first-order chi connectivity index (χ1) is 18.4. The van der Waals surface area contributed by atoms with Crippen LogP contribution in [-0.4, -0.2) is 59.6 Å². The Morgan fingerprint density at radius 2 is 1.79 bits per heavy atom. The van der Waals surface area contributed by atoms with Crippen LogP contribution in [0.2, 0.25) is 0 Å². The normalized spacial score (nSPS) is 17.9. The fraction of sp³-hybridized carbons (Fsp3) is 0.500. The van der Waals surface area contributed by atoms with Gasteiger partial charge in [0.2, 0.25) is 5.91 Å². The van der Waals surface area contributed by atoms with Crippen LogP contribution in [0.25, 0.3) is 0 Å². The zero-order chi connectivity index (χ0) is 28.7. The number of anilines is 1. The molecule has 3 amide bonds. The number of benzene rings is 2. The van der Waals surface area contributed by atoms with Gasteiger partial charge in [-0.3, -0.25) is 9.59 Å². The van der Waals surface area contributed by atoms with E-state index < -0.39 is 23.8 Å². The number of methoxy groups -OCH3 is 1. The lowest BCUT2D eigenvalue weighted by molar-refractivity contribution is -0.141. The second-order valence-electron chi connectivity index (χ2n) is 11.0. The predicted molar refractivity (Wildman–Crippen MR) is 156 cm³/mol. The second kappa shape index (κ2) is 13.2. The topological polar surface area (TPSA) is 97.0 Å². The Morgan fingerprint density at radius 3 is 2.33 bits per heavy atom. The van der Waals surface area contributed by atoms with Crippen LogP contribution in [0, 0.1) is 12.8 Å². The minimum atomic E-state index is -0.883. The summed E-state index contributed by atoms with van der Waals surface area (Å²) in [4.78, 5) is 42.6. The van der Waals surface area contributed by atoms with Crippen LogP contribution in [0.3, 0.4) is 0 Å². The molecule has 0 saturated heterocycles. The molecule has 1 saturated carbocycles. The third-order valence-electron chi connectivity index (χ3n) is 6.52. The summed E-state index contributed by atoms with van der Waals surface area (Å²) >= 11 is 1.59. The van der Waals surface area contributed by atoms with Gasteiger partial charge in [-0.25, -0.2) is 4.79 Å². The van der Waals surface area contributed by atoms with Gasteiger partial charge in [-0.15, -0.1) is 0 Å². The molecule has 4 atom stereocenters. The Hall–Kier alpha value is -3.20. The zero-order valence-corrected chi connectivity index (χ0v) is 24.8. The lowest BCUT2D eigenvalue weighted by atomic mass is 10.00. The molecule has 39 heavy (non-hydrogen) atoms. The smallest absolute Gasteiger partial charge is 0.408 e. The molecule has 2 aromatic rings. The highest BCUT2D eigenvalue weighted by atomic mass is 32.2. The van der Waals surface area contributed by atoms with E-state index in [-0.39, 0.29) is 23.8 Å². The number of hydrogen-bond donors (Lipinski definition) is 2. The van der Waals surface area contributed by atoms with E-state index in [0.717, 1.165) is 12.0 Å². The van der Waals surface area contributed by atoms with Crippen molar-refractivity contribution in [3.8, 4) is 5.75 Å². The first-order valence-electron chi connectivity index (χ1n) is 13.3. The molecule has 3 rings (SSSR count). The SMILES string of the molecule is COc1ccc(NC(=O)C(c2cccc(C)c2)N(C(=O)C(CCSC)NC(=O)OC(C)(C)C)C2CC2C)cc1. The number of alkyl carbamates (subject to hydrolysis) is 1. The summed E-state index contributed by atoms with van der Waals surface area (Å²) in [5.74, 6) is 0.960. The summed E-state index contributed by atoms with van der Waals surface area (Å²) in [6.07, 6.45) is 2.50. The van der Waals surface area contributed by atoms with Gasteiger partial charge in [0.05, 0.1) is 7.11 Å². The molecule has 0 aliphatic heterocycles. The minimum Gasteiger partial charge on any atom is -0.497 e. The van der Waals surface area contributed by atoms with Crippen LogP contribution in [0.5, 0.6) is 5.75 Å². The number of carbonyl (C=O) groups excluding carboxylic acids is 3. The standard InChI is InChI=1S/C30H41N3O5S/c1-19-9-8-10-21(17-19)26(27(34)31-22-11-13-23(37-6)14-12-22)33(25-18-20(25)2)28(35)24(15-16-39-7)32-29(36)38-30(3,4)5/h8-14,17,20,24-26H,15-16,18H2,1-7H3,(H,31,34)(H,32,36). The number of amides is 3. The maximum absolute atomic E-state index is 14.3. The predicted octanol–water partition coefficient (Wildman–Crippen LogP) is 5.57. The van der Waals surface area contributed by atoms with Crippen molar-refractivity contribution in [3.05, 3.63) is 59.7 Å². The van der Waals surface area contributed by atoms with Gasteiger partial charge in [-0.05, 0) is 88.3 Å². The fourth-order valence-electron chi connectivity index (χ4n) is 4.46. The van der Waals surface area contributed by atoms with Crippen molar-refractivity contribution in [3.63, 3.8) is 0 Å². The molecule has 1 fully saturated rings. The van der Waals surface area contributed by atoms with Gasteiger partial charge in [0, 0.05) is 11.7 Å². The van der Waals surface area contributed by atoms with E-state index in [4.69, 9.17) is 9.47 Å². The number of ether oxygens (including phenoxy) is 2. The van der Waals surface area contributed by atoms with Crippen molar-refractivity contribution >= 4 is 35.4 Å². The average molecular weight is 556 g/mol. The van der Waals surface area contributed by atoms with Gasteiger partial charge < -0.3 is 25.0 Å².